The first-order chi connectivity index (χ1) is 12.0. The van der Waals surface area contributed by atoms with Crippen LogP contribution in [-0.4, -0.2) is 11.9 Å². The van der Waals surface area contributed by atoms with E-state index in [2.05, 4.69) is 16.0 Å². The number of amides is 3. The van der Waals surface area contributed by atoms with Gasteiger partial charge in [-0.3, -0.25) is 4.79 Å². The quantitative estimate of drug-likeness (QED) is 0.801. The molecule has 7 heteroatoms. The lowest BCUT2D eigenvalue weighted by molar-refractivity contribution is -0.113. The van der Waals surface area contributed by atoms with Gasteiger partial charge >= 0.3 is 6.03 Å². The summed E-state index contributed by atoms with van der Waals surface area (Å²) in [5.74, 6) is -1.56. The number of halogens is 2. The Balaban J connectivity index is 1.96. The number of anilines is 1. The zero-order valence-corrected chi connectivity index (χ0v) is 13.3. The summed E-state index contributed by atoms with van der Waals surface area (Å²) in [7, 11) is 0. The molecule has 3 rings (SSSR count). The van der Waals surface area contributed by atoms with Crippen LogP contribution >= 0.6 is 0 Å². The second kappa shape index (κ2) is 6.72. The van der Waals surface area contributed by atoms with Crippen molar-refractivity contribution in [1.82, 2.24) is 10.6 Å². The summed E-state index contributed by atoms with van der Waals surface area (Å²) in [5.41, 5.74) is 1.12. The molecule has 0 fully saturated rings. The van der Waals surface area contributed by atoms with Crippen LogP contribution in [0.5, 0.6) is 0 Å². The van der Waals surface area contributed by atoms with Gasteiger partial charge in [-0.1, -0.05) is 24.3 Å². The maximum Gasteiger partial charge on any atom is 0.319 e. The number of nitrogens with one attached hydrogen (secondary N) is 3. The number of rotatable bonds is 3. The number of hydrogen-bond acceptors (Lipinski definition) is 2. The molecule has 0 radical (unpaired) electrons. The summed E-state index contributed by atoms with van der Waals surface area (Å²) in [5, 5.41) is 7.65. The molecule has 0 unspecified atom stereocenters. The van der Waals surface area contributed by atoms with Crippen molar-refractivity contribution in [3.8, 4) is 0 Å². The van der Waals surface area contributed by atoms with Crippen LogP contribution in [0.1, 0.15) is 18.5 Å². The summed E-state index contributed by atoms with van der Waals surface area (Å²) in [6, 6.07) is 9.97. The van der Waals surface area contributed by atoms with E-state index in [9.17, 15) is 18.4 Å². The van der Waals surface area contributed by atoms with E-state index < -0.39 is 29.6 Å². The third-order valence-electron chi connectivity index (χ3n) is 3.84. The highest BCUT2D eigenvalue weighted by molar-refractivity contribution is 6.06. The van der Waals surface area contributed by atoms with Gasteiger partial charge in [0.2, 0.25) is 0 Å². The van der Waals surface area contributed by atoms with Crippen LogP contribution in [0.3, 0.4) is 0 Å². The zero-order chi connectivity index (χ0) is 18.0. The van der Waals surface area contributed by atoms with Crippen LogP contribution in [0.4, 0.5) is 19.3 Å². The van der Waals surface area contributed by atoms with Crippen LogP contribution in [-0.2, 0) is 4.79 Å². The lowest BCUT2D eigenvalue weighted by Gasteiger charge is -2.28. The van der Waals surface area contributed by atoms with Crippen molar-refractivity contribution < 1.29 is 18.4 Å². The van der Waals surface area contributed by atoms with Crippen LogP contribution in [0.25, 0.3) is 0 Å². The standard InChI is InChI=1S/C18H15F2N3O2/c1-10-15(17(24)22-14-5-3-2-4-13(14)20)16(23-18(25)21-10)11-6-8-12(19)9-7-11/h2-9,16H,1H3,(H,22,24)(H2,21,23,25)/t16-/m1/s1. The van der Waals surface area contributed by atoms with E-state index in [0.29, 0.717) is 11.3 Å². The molecular formula is C18H15F2N3O2. The van der Waals surface area contributed by atoms with Gasteiger partial charge in [-0.25, -0.2) is 13.6 Å². The van der Waals surface area contributed by atoms with Crippen LogP contribution in [0.15, 0.2) is 59.8 Å². The van der Waals surface area contributed by atoms with Gasteiger partial charge < -0.3 is 16.0 Å². The average molecular weight is 343 g/mol. The molecule has 0 bridgehead atoms. The van der Waals surface area contributed by atoms with Crippen molar-refractivity contribution in [3.05, 3.63) is 77.0 Å². The molecule has 0 aromatic heterocycles. The topological polar surface area (TPSA) is 70.2 Å². The van der Waals surface area contributed by atoms with E-state index >= 15 is 0 Å². The van der Waals surface area contributed by atoms with E-state index in [-0.39, 0.29) is 11.3 Å². The van der Waals surface area contributed by atoms with E-state index in [4.69, 9.17) is 0 Å². The van der Waals surface area contributed by atoms with Crippen molar-refractivity contribution >= 4 is 17.6 Å². The van der Waals surface area contributed by atoms with E-state index in [1.807, 2.05) is 0 Å². The third-order valence-corrected chi connectivity index (χ3v) is 3.84. The Bertz CT molecular complexity index is 863. The summed E-state index contributed by atoms with van der Waals surface area (Å²) in [6.07, 6.45) is 0. The highest BCUT2D eigenvalue weighted by Gasteiger charge is 2.31. The number of hydrogen-bond donors (Lipinski definition) is 3. The Kier molecular flexibility index (Phi) is 4.47. The summed E-state index contributed by atoms with van der Waals surface area (Å²) in [6.45, 7) is 1.57. The van der Waals surface area contributed by atoms with E-state index in [1.165, 1.54) is 42.5 Å². The fraction of sp³-hybridized carbons (Fsp3) is 0.111. The first-order valence-corrected chi connectivity index (χ1v) is 7.55. The van der Waals surface area contributed by atoms with E-state index in [0.717, 1.165) is 0 Å². The molecule has 1 aliphatic rings. The maximum absolute atomic E-state index is 13.8. The normalized spacial score (nSPS) is 16.9. The van der Waals surface area contributed by atoms with Crippen molar-refractivity contribution in [2.45, 2.75) is 13.0 Å². The van der Waals surface area contributed by atoms with Gasteiger partial charge in [0.05, 0.1) is 17.3 Å². The fourth-order valence-electron chi connectivity index (χ4n) is 2.65. The number of carbonyl (C=O) groups is 2. The van der Waals surface area contributed by atoms with Gasteiger partial charge in [-0.2, -0.15) is 0 Å². The molecule has 25 heavy (non-hydrogen) atoms. The second-order valence-electron chi connectivity index (χ2n) is 5.56. The Morgan fingerprint density at radius 1 is 1.08 bits per heavy atom. The third kappa shape index (κ3) is 3.50. The molecule has 1 aliphatic heterocycles. The van der Waals surface area contributed by atoms with Crippen molar-refractivity contribution in [2.24, 2.45) is 0 Å². The molecule has 1 heterocycles. The van der Waals surface area contributed by atoms with Crippen molar-refractivity contribution in [1.29, 1.82) is 0 Å². The molecule has 0 aliphatic carbocycles. The minimum atomic E-state index is -0.777. The largest absolute Gasteiger partial charge is 0.327 e. The predicted octanol–water partition coefficient (Wildman–Crippen LogP) is 3.23. The number of para-hydroxylation sites is 1. The van der Waals surface area contributed by atoms with Gasteiger partial charge in [-0.15, -0.1) is 0 Å². The Labute approximate surface area is 142 Å². The maximum atomic E-state index is 13.8. The minimum Gasteiger partial charge on any atom is -0.327 e. The monoisotopic (exact) mass is 343 g/mol. The van der Waals surface area contributed by atoms with Crippen LogP contribution in [0, 0.1) is 11.6 Å². The molecule has 1 atom stereocenters. The lowest BCUT2D eigenvalue weighted by Crippen LogP contribution is -2.46. The highest BCUT2D eigenvalue weighted by Crippen LogP contribution is 2.28. The summed E-state index contributed by atoms with van der Waals surface area (Å²) >= 11 is 0. The molecule has 0 saturated carbocycles. The molecule has 3 amide bonds. The van der Waals surface area contributed by atoms with Gasteiger partial charge in [0.25, 0.3) is 5.91 Å². The van der Waals surface area contributed by atoms with Gasteiger partial charge in [-0.05, 0) is 36.8 Å². The molecule has 0 spiro atoms. The number of allylic oxidation sites excluding steroid dienone is 1. The first kappa shape index (κ1) is 16.6. The smallest absolute Gasteiger partial charge is 0.319 e. The minimum absolute atomic E-state index is 0.0301. The summed E-state index contributed by atoms with van der Waals surface area (Å²) in [4.78, 5) is 24.5. The molecule has 5 nitrogen and oxygen atoms in total. The zero-order valence-electron chi connectivity index (χ0n) is 13.3. The van der Waals surface area contributed by atoms with Gasteiger partial charge in [0.15, 0.2) is 0 Å². The number of carbonyl (C=O) groups excluding carboxylic acids is 2. The first-order valence-electron chi connectivity index (χ1n) is 7.55. The fourth-order valence-corrected chi connectivity index (χ4v) is 2.65. The Morgan fingerprint density at radius 3 is 2.44 bits per heavy atom. The summed E-state index contributed by atoms with van der Waals surface area (Å²) < 4.78 is 26.9. The number of urea groups is 1. The van der Waals surface area contributed by atoms with Gasteiger partial charge in [0, 0.05) is 5.70 Å². The highest BCUT2D eigenvalue weighted by atomic mass is 19.1. The number of benzene rings is 2. The van der Waals surface area contributed by atoms with E-state index in [1.54, 1.807) is 13.0 Å². The van der Waals surface area contributed by atoms with Crippen molar-refractivity contribution in [3.63, 3.8) is 0 Å². The second-order valence-corrected chi connectivity index (χ2v) is 5.56. The molecular weight excluding hydrogens is 328 g/mol. The molecule has 2 aromatic rings. The molecule has 2 aromatic carbocycles. The SMILES string of the molecule is CC1=C(C(=O)Nc2ccccc2F)[C@@H](c2ccc(F)cc2)NC(=O)N1. The van der Waals surface area contributed by atoms with Crippen LogP contribution in [0.2, 0.25) is 0 Å². The lowest BCUT2D eigenvalue weighted by atomic mass is 9.95. The predicted molar refractivity (Wildman–Crippen MR) is 88.5 cm³/mol. The molecule has 3 N–H and O–H groups in total. The Morgan fingerprint density at radius 2 is 1.76 bits per heavy atom. The van der Waals surface area contributed by atoms with Crippen LogP contribution < -0.4 is 16.0 Å². The Hall–Kier alpha value is -3.22. The average Bonchev–Trinajstić information content (AvgIpc) is 2.57. The van der Waals surface area contributed by atoms with Crippen molar-refractivity contribution in [2.75, 3.05) is 5.32 Å². The van der Waals surface area contributed by atoms with Gasteiger partial charge in [0.1, 0.15) is 11.6 Å². The molecule has 128 valence electrons. The molecule has 0 saturated heterocycles.